The van der Waals surface area contributed by atoms with E-state index < -0.39 is 0 Å². The second kappa shape index (κ2) is 6.01. The molecule has 116 valence electrons. The molecule has 3 heterocycles. The summed E-state index contributed by atoms with van der Waals surface area (Å²) in [5, 5.41) is 0.733. The van der Waals surface area contributed by atoms with E-state index in [9.17, 15) is 0 Å². The van der Waals surface area contributed by atoms with Crippen LogP contribution in [0.25, 0.3) is 11.3 Å². The van der Waals surface area contributed by atoms with Gasteiger partial charge in [0.05, 0.1) is 17.9 Å². The molecule has 0 saturated carbocycles. The highest BCUT2D eigenvalue weighted by molar-refractivity contribution is 6.30. The molecule has 1 saturated heterocycles. The second-order valence-electron chi connectivity index (χ2n) is 5.59. The van der Waals surface area contributed by atoms with E-state index in [1.165, 1.54) is 0 Å². The number of hydrogen-bond donors (Lipinski definition) is 1. The summed E-state index contributed by atoms with van der Waals surface area (Å²) in [6.45, 7) is 0.950. The highest BCUT2D eigenvalue weighted by atomic mass is 35.5. The van der Waals surface area contributed by atoms with Gasteiger partial charge in [0.15, 0.2) is 0 Å². The normalized spacial score (nSPS) is 17.6. The van der Waals surface area contributed by atoms with Gasteiger partial charge in [-0.15, -0.1) is 0 Å². The van der Waals surface area contributed by atoms with Crippen molar-refractivity contribution in [3.05, 3.63) is 59.8 Å². The first-order valence-electron chi connectivity index (χ1n) is 7.66. The third-order valence-corrected chi connectivity index (χ3v) is 4.38. The van der Waals surface area contributed by atoms with E-state index in [1.807, 2.05) is 36.5 Å². The van der Waals surface area contributed by atoms with Crippen LogP contribution >= 0.6 is 11.6 Å². The number of rotatable bonds is 3. The maximum atomic E-state index is 5.95. The van der Waals surface area contributed by atoms with Crippen LogP contribution < -0.4 is 4.90 Å². The Morgan fingerprint density at radius 3 is 2.65 bits per heavy atom. The third-order valence-electron chi connectivity index (χ3n) is 4.13. The first kappa shape index (κ1) is 14.2. The molecule has 3 aromatic rings. The molecule has 1 N–H and O–H groups in total. The van der Waals surface area contributed by atoms with E-state index in [0.717, 1.165) is 47.4 Å². The molecule has 1 atom stereocenters. The zero-order valence-corrected chi connectivity index (χ0v) is 13.2. The molecule has 0 radical (unpaired) electrons. The van der Waals surface area contributed by atoms with Gasteiger partial charge in [0.25, 0.3) is 0 Å². The Morgan fingerprint density at radius 2 is 1.87 bits per heavy atom. The summed E-state index contributed by atoms with van der Waals surface area (Å²) >= 11 is 5.95. The van der Waals surface area contributed by atoms with E-state index in [2.05, 4.69) is 24.8 Å². The van der Waals surface area contributed by atoms with Crippen molar-refractivity contribution in [3.63, 3.8) is 0 Å². The third kappa shape index (κ3) is 2.80. The standard InChI is InChI=1S/C17H16ClN5/c18-13-6-4-12(5-7-13)14-11-21-16(22-14)15-3-1-10-23(15)17-19-8-2-9-20-17/h2,4-9,11,15H,1,3,10H2,(H,21,22). The monoisotopic (exact) mass is 325 g/mol. The van der Waals surface area contributed by atoms with Gasteiger partial charge in [0, 0.05) is 24.0 Å². The molecular formula is C17H16ClN5. The average Bonchev–Trinajstić information content (AvgIpc) is 3.25. The van der Waals surface area contributed by atoms with Crippen molar-refractivity contribution in [2.75, 3.05) is 11.4 Å². The fourth-order valence-electron chi connectivity index (χ4n) is 3.01. The Balaban J connectivity index is 1.62. The number of nitrogens with one attached hydrogen (secondary N) is 1. The molecule has 23 heavy (non-hydrogen) atoms. The molecule has 1 unspecified atom stereocenters. The van der Waals surface area contributed by atoms with Crippen LogP contribution in [0.1, 0.15) is 24.7 Å². The lowest BCUT2D eigenvalue weighted by molar-refractivity contribution is 0.663. The van der Waals surface area contributed by atoms with Crippen LogP contribution in [-0.4, -0.2) is 26.5 Å². The van der Waals surface area contributed by atoms with Crippen molar-refractivity contribution in [2.45, 2.75) is 18.9 Å². The van der Waals surface area contributed by atoms with Gasteiger partial charge in [-0.1, -0.05) is 23.7 Å². The van der Waals surface area contributed by atoms with Crippen molar-refractivity contribution < 1.29 is 0 Å². The Kier molecular flexibility index (Phi) is 3.71. The summed E-state index contributed by atoms with van der Waals surface area (Å²) in [5.41, 5.74) is 2.08. The van der Waals surface area contributed by atoms with Crippen LogP contribution in [0.15, 0.2) is 48.9 Å². The van der Waals surface area contributed by atoms with E-state index in [-0.39, 0.29) is 6.04 Å². The zero-order valence-electron chi connectivity index (χ0n) is 12.5. The molecule has 1 fully saturated rings. The molecule has 2 aromatic heterocycles. The molecule has 0 amide bonds. The molecule has 1 aliphatic rings. The lowest BCUT2D eigenvalue weighted by Gasteiger charge is -2.22. The summed E-state index contributed by atoms with van der Waals surface area (Å²) in [4.78, 5) is 19.0. The first-order chi connectivity index (χ1) is 11.3. The molecule has 6 heteroatoms. The van der Waals surface area contributed by atoms with Crippen LogP contribution in [0.3, 0.4) is 0 Å². The van der Waals surface area contributed by atoms with Gasteiger partial charge < -0.3 is 9.88 Å². The van der Waals surface area contributed by atoms with Gasteiger partial charge in [-0.05, 0) is 36.6 Å². The van der Waals surface area contributed by atoms with Gasteiger partial charge >= 0.3 is 0 Å². The summed E-state index contributed by atoms with van der Waals surface area (Å²) in [6, 6.07) is 9.78. The predicted octanol–water partition coefficient (Wildman–Crippen LogP) is 3.86. The number of imidazole rings is 1. The van der Waals surface area contributed by atoms with E-state index in [0.29, 0.717) is 0 Å². The smallest absolute Gasteiger partial charge is 0.225 e. The molecule has 0 bridgehead atoms. The highest BCUT2D eigenvalue weighted by Gasteiger charge is 2.30. The Hall–Kier alpha value is -2.40. The summed E-state index contributed by atoms with van der Waals surface area (Å²) in [7, 11) is 0. The van der Waals surface area contributed by atoms with Gasteiger partial charge in [-0.2, -0.15) is 0 Å². The largest absolute Gasteiger partial charge is 0.340 e. The number of aromatic nitrogens is 4. The quantitative estimate of drug-likeness (QED) is 0.794. The summed E-state index contributed by atoms with van der Waals surface area (Å²) < 4.78 is 0. The first-order valence-corrected chi connectivity index (χ1v) is 8.03. The zero-order chi connectivity index (χ0) is 15.6. The number of benzene rings is 1. The van der Waals surface area contributed by atoms with E-state index >= 15 is 0 Å². The fraction of sp³-hybridized carbons (Fsp3) is 0.235. The topological polar surface area (TPSA) is 57.7 Å². The SMILES string of the molecule is Clc1ccc(-c2cnc(C3CCCN3c3ncccn3)[nH]2)cc1. The average molecular weight is 326 g/mol. The lowest BCUT2D eigenvalue weighted by Crippen LogP contribution is -2.25. The number of aromatic amines is 1. The van der Waals surface area contributed by atoms with Crippen LogP contribution in [0, 0.1) is 0 Å². The second-order valence-corrected chi connectivity index (χ2v) is 6.03. The lowest BCUT2D eigenvalue weighted by atomic mass is 10.2. The Morgan fingerprint density at radius 1 is 1.09 bits per heavy atom. The minimum Gasteiger partial charge on any atom is -0.340 e. The summed E-state index contributed by atoms with van der Waals surface area (Å²) in [5.74, 6) is 1.72. The van der Waals surface area contributed by atoms with Gasteiger partial charge in [0.2, 0.25) is 5.95 Å². The van der Waals surface area contributed by atoms with Crippen molar-refractivity contribution in [2.24, 2.45) is 0 Å². The van der Waals surface area contributed by atoms with Gasteiger partial charge in [0.1, 0.15) is 5.82 Å². The summed E-state index contributed by atoms with van der Waals surface area (Å²) in [6.07, 6.45) is 7.59. The molecular weight excluding hydrogens is 310 g/mol. The minimum atomic E-state index is 0.193. The maximum Gasteiger partial charge on any atom is 0.225 e. The number of anilines is 1. The molecule has 5 nitrogen and oxygen atoms in total. The Labute approximate surface area is 139 Å². The van der Waals surface area contributed by atoms with Crippen LogP contribution in [0.2, 0.25) is 5.02 Å². The highest BCUT2D eigenvalue weighted by Crippen LogP contribution is 2.33. The van der Waals surface area contributed by atoms with Crippen molar-refractivity contribution in [1.29, 1.82) is 0 Å². The van der Waals surface area contributed by atoms with Gasteiger partial charge in [-0.3, -0.25) is 0 Å². The Bertz CT molecular complexity index is 784. The molecule has 0 spiro atoms. The van der Waals surface area contributed by atoms with E-state index in [4.69, 9.17) is 11.6 Å². The molecule has 1 aromatic carbocycles. The minimum absolute atomic E-state index is 0.193. The molecule has 0 aliphatic carbocycles. The fourth-order valence-corrected chi connectivity index (χ4v) is 3.14. The van der Waals surface area contributed by atoms with Crippen LogP contribution in [0.5, 0.6) is 0 Å². The molecule has 1 aliphatic heterocycles. The maximum absolute atomic E-state index is 5.95. The van der Waals surface area contributed by atoms with Crippen molar-refractivity contribution in [3.8, 4) is 11.3 Å². The van der Waals surface area contributed by atoms with Crippen molar-refractivity contribution in [1.82, 2.24) is 19.9 Å². The van der Waals surface area contributed by atoms with Gasteiger partial charge in [-0.25, -0.2) is 15.0 Å². The number of H-pyrrole nitrogens is 1. The van der Waals surface area contributed by atoms with Crippen LogP contribution in [0.4, 0.5) is 5.95 Å². The van der Waals surface area contributed by atoms with E-state index in [1.54, 1.807) is 12.4 Å². The number of hydrogen-bond acceptors (Lipinski definition) is 4. The van der Waals surface area contributed by atoms with Crippen LogP contribution in [-0.2, 0) is 0 Å². The van der Waals surface area contributed by atoms with Crippen molar-refractivity contribution >= 4 is 17.5 Å². The number of halogens is 1. The predicted molar refractivity (Wildman–Crippen MR) is 90.4 cm³/mol. The number of nitrogens with zero attached hydrogens (tertiary/aromatic N) is 4. The molecule has 4 rings (SSSR count).